The highest BCUT2D eigenvalue weighted by molar-refractivity contribution is 6.40. The maximum Gasteiger partial charge on any atom is 0.379 e. The fourth-order valence-electron chi connectivity index (χ4n) is 2.86. The molecule has 0 aliphatic heterocycles. The highest BCUT2D eigenvalue weighted by Gasteiger charge is 2.20. The number of carbonyl (C=O) groups is 2. The standard InChI is InChI=1S/C17H22O3/c1-2-20-17(19)16(18)15-11-7-10-14(12-15)13-8-5-3-4-6-9-13/h7,10-13H,2-6,8-9H2,1H3. The van der Waals surface area contributed by atoms with Crippen LogP contribution < -0.4 is 0 Å². The summed E-state index contributed by atoms with van der Waals surface area (Å²) in [6, 6.07) is 7.50. The van der Waals surface area contributed by atoms with E-state index >= 15 is 0 Å². The number of esters is 1. The first kappa shape index (κ1) is 14.8. The van der Waals surface area contributed by atoms with Gasteiger partial charge in [-0.2, -0.15) is 0 Å². The Hall–Kier alpha value is -1.64. The second kappa shape index (κ2) is 7.22. The lowest BCUT2D eigenvalue weighted by atomic mass is 9.90. The summed E-state index contributed by atoms with van der Waals surface area (Å²) in [6.07, 6.45) is 7.46. The maximum absolute atomic E-state index is 12.0. The third-order valence-corrected chi connectivity index (χ3v) is 3.94. The van der Waals surface area contributed by atoms with Gasteiger partial charge in [-0.1, -0.05) is 43.9 Å². The molecule has 3 nitrogen and oxygen atoms in total. The minimum absolute atomic E-state index is 0.229. The van der Waals surface area contributed by atoms with E-state index in [0.717, 1.165) is 0 Å². The summed E-state index contributed by atoms with van der Waals surface area (Å²) in [5.41, 5.74) is 1.63. The highest BCUT2D eigenvalue weighted by Crippen LogP contribution is 2.31. The monoisotopic (exact) mass is 274 g/mol. The summed E-state index contributed by atoms with van der Waals surface area (Å²) in [6.45, 7) is 1.93. The van der Waals surface area contributed by atoms with E-state index in [-0.39, 0.29) is 6.61 Å². The Bertz CT molecular complexity index is 471. The molecule has 0 radical (unpaired) electrons. The van der Waals surface area contributed by atoms with E-state index in [2.05, 4.69) is 6.07 Å². The summed E-state index contributed by atoms with van der Waals surface area (Å²) < 4.78 is 4.77. The van der Waals surface area contributed by atoms with Gasteiger partial charge in [-0.3, -0.25) is 4.79 Å². The molecule has 0 aromatic heterocycles. The number of Topliss-reactive ketones (excluding diaryl/α,β-unsaturated/α-hetero) is 1. The molecular formula is C17H22O3. The molecule has 1 aromatic rings. The lowest BCUT2D eigenvalue weighted by Crippen LogP contribution is -2.17. The molecular weight excluding hydrogens is 252 g/mol. The van der Waals surface area contributed by atoms with Crippen LogP contribution in [0.2, 0.25) is 0 Å². The van der Waals surface area contributed by atoms with Crippen molar-refractivity contribution in [1.82, 2.24) is 0 Å². The van der Waals surface area contributed by atoms with Crippen molar-refractivity contribution < 1.29 is 14.3 Å². The van der Waals surface area contributed by atoms with Gasteiger partial charge in [0.05, 0.1) is 6.61 Å². The van der Waals surface area contributed by atoms with Crippen molar-refractivity contribution in [2.75, 3.05) is 6.61 Å². The Morgan fingerprint density at radius 3 is 2.50 bits per heavy atom. The minimum atomic E-state index is -0.759. The van der Waals surface area contributed by atoms with Crippen LogP contribution in [0.5, 0.6) is 0 Å². The number of benzene rings is 1. The Morgan fingerprint density at radius 2 is 1.85 bits per heavy atom. The second-order valence-electron chi connectivity index (χ2n) is 5.36. The zero-order chi connectivity index (χ0) is 14.4. The van der Waals surface area contributed by atoms with Crippen LogP contribution in [0.4, 0.5) is 0 Å². The van der Waals surface area contributed by atoms with Gasteiger partial charge >= 0.3 is 5.97 Å². The largest absolute Gasteiger partial charge is 0.460 e. The molecule has 0 atom stereocenters. The van der Waals surface area contributed by atoms with E-state index in [0.29, 0.717) is 11.5 Å². The second-order valence-corrected chi connectivity index (χ2v) is 5.36. The van der Waals surface area contributed by atoms with Gasteiger partial charge in [-0.25, -0.2) is 4.79 Å². The van der Waals surface area contributed by atoms with Crippen molar-refractivity contribution in [2.24, 2.45) is 0 Å². The lowest BCUT2D eigenvalue weighted by Gasteiger charge is -2.15. The van der Waals surface area contributed by atoms with Gasteiger partial charge in [0.15, 0.2) is 0 Å². The average molecular weight is 274 g/mol. The molecule has 0 unspecified atom stereocenters. The maximum atomic E-state index is 12.0. The molecule has 3 heteroatoms. The predicted octanol–water partition coefficient (Wildman–Crippen LogP) is 3.87. The van der Waals surface area contributed by atoms with E-state index in [1.165, 1.54) is 44.1 Å². The Morgan fingerprint density at radius 1 is 1.15 bits per heavy atom. The number of carbonyl (C=O) groups excluding carboxylic acids is 2. The molecule has 0 saturated heterocycles. The molecule has 1 aromatic carbocycles. The van der Waals surface area contributed by atoms with Gasteiger partial charge in [0, 0.05) is 5.56 Å². The quantitative estimate of drug-likeness (QED) is 0.362. The van der Waals surface area contributed by atoms with Crippen molar-refractivity contribution in [3.8, 4) is 0 Å². The molecule has 0 spiro atoms. The first-order valence-electron chi connectivity index (χ1n) is 7.53. The third-order valence-electron chi connectivity index (χ3n) is 3.94. The number of ether oxygens (including phenoxy) is 1. The fraction of sp³-hybridized carbons (Fsp3) is 0.529. The molecule has 1 aliphatic rings. The number of hydrogen-bond donors (Lipinski definition) is 0. The van der Waals surface area contributed by atoms with Crippen LogP contribution in [0, 0.1) is 0 Å². The summed E-state index contributed by atoms with van der Waals surface area (Å²) in [7, 11) is 0. The smallest absolute Gasteiger partial charge is 0.379 e. The van der Waals surface area contributed by atoms with Crippen molar-refractivity contribution in [1.29, 1.82) is 0 Å². The third kappa shape index (κ3) is 3.69. The molecule has 0 N–H and O–H groups in total. The topological polar surface area (TPSA) is 43.4 Å². The molecule has 1 aliphatic carbocycles. The van der Waals surface area contributed by atoms with Crippen LogP contribution in [-0.2, 0) is 9.53 Å². The minimum Gasteiger partial charge on any atom is -0.460 e. The number of hydrogen-bond acceptors (Lipinski definition) is 3. The lowest BCUT2D eigenvalue weighted by molar-refractivity contribution is -0.137. The van der Waals surface area contributed by atoms with Gasteiger partial charge in [0.25, 0.3) is 5.78 Å². The molecule has 1 saturated carbocycles. The summed E-state index contributed by atoms with van der Waals surface area (Å²) in [5.74, 6) is -0.778. The first-order chi connectivity index (χ1) is 9.72. The molecule has 2 rings (SSSR count). The summed E-state index contributed by atoms with van der Waals surface area (Å²) in [5, 5.41) is 0. The van der Waals surface area contributed by atoms with Crippen LogP contribution in [0.15, 0.2) is 24.3 Å². The van der Waals surface area contributed by atoms with Crippen molar-refractivity contribution in [3.63, 3.8) is 0 Å². The van der Waals surface area contributed by atoms with Gasteiger partial charge < -0.3 is 4.74 Å². The van der Waals surface area contributed by atoms with Crippen LogP contribution in [0.25, 0.3) is 0 Å². The summed E-state index contributed by atoms with van der Waals surface area (Å²) in [4.78, 5) is 23.5. The molecule has 0 heterocycles. The van der Waals surface area contributed by atoms with E-state index in [1.54, 1.807) is 13.0 Å². The van der Waals surface area contributed by atoms with Crippen LogP contribution in [-0.4, -0.2) is 18.4 Å². The zero-order valence-electron chi connectivity index (χ0n) is 12.1. The Balaban J connectivity index is 2.14. The molecule has 1 fully saturated rings. The fourth-order valence-corrected chi connectivity index (χ4v) is 2.86. The average Bonchev–Trinajstić information content (AvgIpc) is 2.76. The van der Waals surface area contributed by atoms with E-state index in [4.69, 9.17) is 4.74 Å². The van der Waals surface area contributed by atoms with E-state index in [9.17, 15) is 9.59 Å². The van der Waals surface area contributed by atoms with Crippen LogP contribution in [0.1, 0.15) is 67.3 Å². The SMILES string of the molecule is CCOC(=O)C(=O)c1cccc(C2CCCCCC2)c1. The highest BCUT2D eigenvalue weighted by atomic mass is 16.5. The Labute approximate surface area is 120 Å². The van der Waals surface area contributed by atoms with Gasteiger partial charge in [0.1, 0.15) is 0 Å². The number of rotatable bonds is 4. The zero-order valence-corrected chi connectivity index (χ0v) is 12.1. The van der Waals surface area contributed by atoms with E-state index < -0.39 is 11.8 Å². The van der Waals surface area contributed by atoms with Crippen LogP contribution >= 0.6 is 0 Å². The summed E-state index contributed by atoms with van der Waals surface area (Å²) >= 11 is 0. The van der Waals surface area contributed by atoms with Gasteiger partial charge in [-0.05, 0) is 37.3 Å². The van der Waals surface area contributed by atoms with E-state index in [1.807, 2.05) is 12.1 Å². The molecule has 0 amide bonds. The predicted molar refractivity (Wildman–Crippen MR) is 77.8 cm³/mol. The Kier molecular flexibility index (Phi) is 5.33. The normalized spacial score (nSPS) is 16.4. The first-order valence-corrected chi connectivity index (χ1v) is 7.53. The van der Waals surface area contributed by atoms with Gasteiger partial charge in [0.2, 0.25) is 0 Å². The van der Waals surface area contributed by atoms with Crippen LogP contribution in [0.3, 0.4) is 0 Å². The molecule has 0 bridgehead atoms. The number of ketones is 1. The van der Waals surface area contributed by atoms with Crippen molar-refractivity contribution in [2.45, 2.75) is 51.4 Å². The molecule has 20 heavy (non-hydrogen) atoms. The van der Waals surface area contributed by atoms with Gasteiger partial charge in [-0.15, -0.1) is 0 Å². The van der Waals surface area contributed by atoms with Crippen molar-refractivity contribution in [3.05, 3.63) is 35.4 Å². The molecule has 108 valence electrons. The van der Waals surface area contributed by atoms with Crippen molar-refractivity contribution >= 4 is 11.8 Å².